The van der Waals surface area contributed by atoms with Gasteiger partial charge in [0, 0.05) is 35.5 Å². The quantitative estimate of drug-likeness (QED) is 0.723. The predicted molar refractivity (Wildman–Crippen MR) is 107 cm³/mol. The Morgan fingerprint density at radius 1 is 1.27 bits per heavy atom. The second-order valence-electron chi connectivity index (χ2n) is 7.83. The van der Waals surface area contributed by atoms with Gasteiger partial charge in [-0.05, 0) is 42.5 Å². The summed E-state index contributed by atoms with van der Waals surface area (Å²) in [6.45, 7) is 2.12. The summed E-state index contributed by atoms with van der Waals surface area (Å²) < 4.78 is 28.1. The number of halogens is 2. The highest BCUT2D eigenvalue weighted by Crippen LogP contribution is 2.41. The van der Waals surface area contributed by atoms with Crippen LogP contribution in [0.2, 0.25) is 0 Å². The van der Waals surface area contributed by atoms with E-state index in [1.54, 1.807) is 24.2 Å². The molecular weight excluding hydrogens is 390 g/mol. The second-order valence-corrected chi connectivity index (χ2v) is 7.83. The Morgan fingerprint density at radius 2 is 2.03 bits per heavy atom. The molecule has 0 unspecified atom stereocenters. The standard InChI is InChI=1S/C22H18F2N4O2/c1-11-14(22(30)27-17-3-2-16(23)21(24)20(11)17)6-19(29)28-9-12-4-15(18(28)5-12)13-7-25-10-26-8-13/h2-4,7-8,10,12,18H,5-6,9H2,1H3,(H,27,30)/t12-,18-/m1/s1. The second kappa shape index (κ2) is 6.83. The Balaban J connectivity index is 1.47. The summed E-state index contributed by atoms with van der Waals surface area (Å²) in [5.74, 6) is -1.98. The molecule has 30 heavy (non-hydrogen) atoms. The minimum Gasteiger partial charge on any atom is -0.335 e. The third kappa shape index (κ3) is 2.82. The van der Waals surface area contributed by atoms with Crippen molar-refractivity contribution in [3.8, 4) is 0 Å². The molecule has 0 spiro atoms. The van der Waals surface area contributed by atoms with Gasteiger partial charge in [-0.15, -0.1) is 0 Å². The third-order valence-electron chi connectivity index (χ3n) is 6.09. The fraction of sp³-hybridized carbons (Fsp3) is 0.273. The molecule has 2 atom stereocenters. The summed E-state index contributed by atoms with van der Waals surface area (Å²) in [6, 6.07) is 2.20. The average molecular weight is 408 g/mol. The first-order valence-electron chi connectivity index (χ1n) is 9.70. The lowest BCUT2D eigenvalue weighted by molar-refractivity contribution is -0.130. The number of H-pyrrole nitrogens is 1. The number of hydrogen-bond donors (Lipinski definition) is 1. The van der Waals surface area contributed by atoms with Crippen LogP contribution in [0.3, 0.4) is 0 Å². The van der Waals surface area contributed by atoms with Gasteiger partial charge in [-0.25, -0.2) is 18.7 Å². The van der Waals surface area contributed by atoms with Gasteiger partial charge in [0.05, 0.1) is 18.0 Å². The molecule has 0 radical (unpaired) electrons. The largest absolute Gasteiger partial charge is 0.335 e. The van der Waals surface area contributed by atoms with E-state index in [1.165, 1.54) is 12.4 Å². The van der Waals surface area contributed by atoms with Crippen molar-refractivity contribution in [3.63, 3.8) is 0 Å². The van der Waals surface area contributed by atoms with Crippen molar-refractivity contribution < 1.29 is 13.6 Å². The number of hydrogen-bond acceptors (Lipinski definition) is 4. The molecule has 5 rings (SSSR count). The molecule has 2 aromatic heterocycles. The van der Waals surface area contributed by atoms with Crippen LogP contribution in [0.25, 0.3) is 16.5 Å². The minimum atomic E-state index is -1.02. The summed E-state index contributed by atoms with van der Waals surface area (Å²) in [5, 5.41) is 0.00219. The average Bonchev–Trinajstić information content (AvgIpc) is 3.35. The molecule has 6 nitrogen and oxygen atoms in total. The van der Waals surface area contributed by atoms with Crippen molar-refractivity contribution >= 4 is 22.4 Å². The summed E-state index contributed by atoms with van der Waals surface area (Å²) in [4.78, 5) is 38.1. The summed E-state index contributed by atoms with van der Waals surface area (Å²) in [7, 11) is 0. The molecule has 1 amide bonds. The van der Waals surface area contributed by atoms with Crippen LogP contribution in [0.15, 0.2) is 41.7 Å². The maximum Gasteiger partial charge on any atom is 0.252 e. The monoisotopic (exact) mass is 408 g/mol. The highest BCUT2D eigenvalue weighted by molar-refractivity contribution is 5.88. The highest BCUT2D eigenvalue weighted by atomic mass is 19.2. The zero-order valence-corrected chi connectivity index (χ0v) is 16.2. The molecule has 1 aliphatic heterocycles. The predicted octanol–water partition coefficient (Wildman–Crippen LogP) is 2.76. The Hall–Kier alpha value is -3.42. The number of carbonyl (C=O) groups is 1. The fourth-order valence-electron chi connectivity index (χ4n) is 4.67. The Kier molecular flexibility index (Phi) is 4.23. The van der Waals surface area contributed by atoms with E-state index < -0.39 is 17.2 Å². The first-order chi connectivity index (χ1) is 14.4. The van der Waals surface area contributed by atoms with Gasteiger partial charge in [0.15, 0.2) is 11.6 Å². The van der Waals surface area contributed by atoms with Crippen LogP contribution in [-0.4, -0.2) is 38.3 Å². The molecule has 1 aliphatic carbocycles. The molecule has 3 heterocycles. The molecule has 1 aromatic carbocycles. The van der Waals surface area contributed by atoms with Crippen molar-refractivity contribution in [1.29, 1.82) is 0 Å². The summed E-state index contributed by atoms with van der Waals surface area (Å²) in [5.41, 5.74) is 2.08. The van der Waals surface area contributed by atoms with Crippen LogP contribution in [0, 0.1) is 24.5 Å². The number of aromatic amines is 1. The van der Waals surface area contributed by atoms with Gasteiger partial charge in [-0.2, -0.15) is 0 Å². The van der Waals surface area contributed by atoms with Crippen LogP contribution >= 0.6 is 0 Å². The number of aromatic nitrogens is 3. The normalized spacial score (nSPS) is 20.1. The van der Waals surface area contributed by atoms with Crippen molar-refractivity contribution in [2.45, 2.75) is 25.8 Å². The molecule has 0 saturated carbocycles. The Labute approximate surface area is 170 Å². The van der Waals surface area contributed by atoms with E-state index >= 15 is 0 Å². The number of amides is 1. The molecular formula is C22H18F2N4O2. The molecule has 2 bridgehead atoms. The van der Waals surface area contributed by atoms with Crippen molar-refractivity contribution in [2.75, 3.05) is 6.54 Å². The number of nitrogens with one attached hydrogen (secondary N) is 1. The minimum absolute atomic E-state index is 0.00219. The molecule has 2 aliphatic rings. The van der Waals surface area contributed by atoms with Crippen LogP contribution in [0.4, 0.5) is 8.78 Å². The van der Waals surface area contributed by atoms with Gasteiger partial charge in [0.1, 0.15) is 6.33 Å². The topological polar surface area (TPSA) is 79.0 Å². The molecule has 1 fully saturated rings. The van der Waals surface area contributed by atoms with Crippen molar-refractivity contribution in [1.82, 2.24) is 19.9 Å². The number of likely N-dealkylation sites (tertiary alicyclic amines) is 1. The number of aryl methyl sites for hydroxylation is 1. The van der Waals surface area contributed by atoms with E-state index in [1.807, 2.05) is 0 Å². The Bertz CT molecular complexity index is 1270. The van der Waals surface area contributed by atoms with Gasteiger partial charge in [0.2, 0.25) is 5.91 Å². The van der Waals surface area contributed by atoms with Crippen molar-refractivity contribution in [2.24, 2.45) is 5.92 Å². The van der Waals surface area contributed by atoms with Crippen molar-refractivity contribution in [3.05, 3.63) is 75.6 Å². The number of pyridine rings is 1. The number of nitrogens with zero attached hydrogens (tertiary/aromatic N) is 3. The summed E-state index contributed by atoms with van der Waals surface area (Å²) in [6.07, 6.45) is 7.70. The van der Waals surface area contributed by atoms with E-state index in [4.69, 9.17) is 0 Å². The molecule has 1 N–H and O–H groups in total. The van der Waals surface area contributed by atoms with E-state index in [0.717, 1.165) is 23.6 Å². The van der Waals surface area contributed by atoms with Gasteiger partial charge in [-0.3, -0.25) is 9.59 Å². The molecule has 1 saturated heterocycles. The van der Waals surface area contributed by atoms with Gasteiger partial charge < -0.3 is 9.88 Å². The SMILES string of the molecule is Cc1c(CC(=O)N2C[C@@H]3C=C(c4cncnc4)[C@H]2C3)c(=O)[nH]c2ccc(F)c(F)c12. The van der Waals surface area contributed by atoms with E-state index in [0.29, 0.717) is 6.54 Å². The zero-order valence-electron chi connectivity index (χ0n) is 16.2. The van der Waals surface area contributed by atoms with Crippen LogP contribution in [0.5, 0.6) is 0 Å². The lowest BCUT2D eigenvalue weighted by Crippen LogP contribution is -2.39. The number of carbonyl (C=O) groups excluding carboxylic acids is 1. The fourth-order valence-corrected chi connectivity index (χ4v) is 4.67. The van der Waals surface area contributed by atoms with E-state index in [2.05, 4.69) is 21.0 Å². The maximum atomic E-state index is 14.4. The first-order valence-corrected chi connectivity index (χ1v) is 9.70. The summed E-state index contributed by atoms with van der Waals surface area (Å²) >= 11 is 0. The lowest BCUT2D eigenvalue weighted by Gasteiger charge is -2.28. The van der Waals surface area contributed by atoms with Gasteiger partial charge in [-0.1, -0.05) is 6.08 Å². The maximum absolute atomic E-state index is 14.4. The number of benzene rings is 1. The number of rotatable bonds is 3. The van der Waals surface area contributed by atoms with Crippen LogP contribution in [-0.2, 0) is 11.2 Å². The molecule has 3 aromatic rings. The van der Waals surface area contributed by atoms with Crippen LogP contribution < -0.4 is 5.56 Å². The van der Waals surface area contributed by atoms with E-state index in [-0.39, 0.29) is 46.3 Å². The smallest absolute Gasteiger partial charge is 0.252 e. The number of fused-ring (bicyclic) bond motifs is 3. The molecule has 152 valence electrons. The zero-order chi connectivity index (χ0) is 21.0. The van der Waals surface area contributed by atoms with E-state index in [9.17, 15) is 18.4 Å². The molecule has 8 heteroatoms. The van der Waals surface area contributed by atoms with Gasteiger partial charge in [0.25, 0.3) is 5.56 Å². The highest BCUT2D eigenvalue weighted by Gasteiger charge is 2.42. The first kappa shape index (κ1) is 18.6. The lowest BCUT2D eigenvalue weighted by atomic mass is 9.99. The van der Waals surface area contributed by atoms with Gasteiger partial charge >= 0.3 is 0 Å². The van der Waals surface area contributed by atoms with Crippen LogP contribution in [0.1, 0.15) is 23.1 Å². The Morgan fingerprint density at radius 3 is 2.77 bits per heavy atom. The third-order valence-corrected chi connectivity index (χ3v) is 6.09.